The number of hydrogen-bond acceptors (Lipinski definition) is 4. The molecule has 2 aromatic carbocycles. The molecule has 1 atom stereocenters. The molecule has 1 heterocycles. The van der Waals surface area contributed by atoms with Crippen LogP contribution in [0.5, 0.6) is 17.2 Å². The highest BCUT2D eigenvalue weighted by Crippen LogP contribution is 2.33. The quantitative estimate of drug-likeness (QED) is 0.919. The summed E-state index contributed by atoms with van der Waals surface area (Å²) < 4.78 is 16.0. The van der Waals surface area contributed by atoms with Crippen molar-refractivity contribution in [1.82, 2.24) is 0 Å². The van der Waals surface area contributed by atoms with Gasteiger partial charge in [-0.2, -0.15) is 0 Å². The topological polar surface area (TPSA) is 47.9 Å². The molecule has 1 aliphatic rings. The van der Waals surface area contributed by atoms with Gasteiger partial charge in [-0.05, 0) is 29.8 Å². The Bertz CT molecular complexity index is 594. The number of hydrogen-bond donors (Lipinski definition) is 1. The summed E-state index contributed by atoms with van der Waals surface area (Å²) in [5.41, 5.74) is 1.76. The molecule has 0 radical (unpaired) electrons. The number of rotatable bonds is 3. The first-order chi connectivity index (χ1) is 9.26. The highest BCUT2D eigenvalue weighted by Gasteiger charge is 2.21. The van der Waals surface area contributed by atoms with Crippen molar-refractivity contribution in [2.45, 2.75) is 12.9 Å². The van der Waals surface area contributed by atoms with Crippen LogP contribution in [0.2, 0.25) is 0 Å². The van der Waals surface area contributed by atoms with E-state index in [1.54, 1.807) is 19.2 Å². The lowest BCUT2D eigenvalue weighted by Gasteiger charge is -2.09. The number of methoxy groups -OCH3 is 1. The van der Waals surface area contributed by atoms with Crippen LogP contribution in [0.3, 0.4) is 0 Å². The summed E-state index contributed by atoms with van der Waals surface area (Å²) in [6.07, 6.45) is -0.858. The molecule has 0 saturated carbocycles. The molecule has 0 aliphatic carbocycles. The maximum absolute atomic E-state index is 9.66. The van der Waals surface area contributed by atoms with Crippen LogP contribution in [-0.4, -0.2) is 12.2 Å². The van der Waals surface area contributed by atoms with Crippen molar-refractivity contribution >= 4 is 0 Å². The summed E-state index contributed by atoms with van der Waals surface area (Å²) in [5.74, 6) is 2.09. The number of benzene rings is 2. The number of aliphatic hydroxyl groups is 1. The first-order valence-electron chi connectivity index (χ1n) is 6.00. The number of ether oxygens (including phenoxy) is 3. The predicted molar refractivity (Wildman–Crippen MR) is 69.3 cm³/mol. The van der Waals surface area contributed by atoms with E-state index in [-0.39, 0.29) is 0 Å². The second kappa shape index (κ2) is 4.91. The molecule has 2 aromatic rings. The Morgan fingerprint density at radius 1 is 1.11 bits per heavy atom. The average molecular weight is 258 g/mol. The Hall–Kier alpha value is -2.04. The van der Waals surface area contributed by atoms with E-state index in [0.29, 0.717) is 18.1 Å². The molecule has 1 aliphatic heterocycles. The van der Waals surface area contributed by atoms with Crippen molar-refractivity contribution in [3.8, 4) is 17.2 Å². The summed E-state index contributed by atoms with van der Waals surface area (Å²) in [5, 5.41) is 9.66. The molecule has 0 aromatic heterocycles. The maximum Gasteiger partial charge on any atom is 0.182 e. The van der Waals surface area contributed by atoms with Gasteiger partial charge >= 0.3 is 0 Å². The smallest absolute Gasteiger partial charge is 0.182 e. The van der Waals surface area contributed by atoms with Gasteiger partial charge in [0.15, 0.2) is 6.29 Å². The lowest BCUT2D eigenvalue weighted by atomic mass is 10.1. The number of aliphatic hydroxyl groups excluding tert-OH is 1. The zero-order valence-electron chi connectivity index (χ0n) is 10.5. The minimum absolute atomic E-state index is 0.440. The summed E-state index contributed by atoms with van der Waals surface area (Å²) in [4.78, 5) is 0. The van der Waals surface area contributed by atoms with Crippen LogP contribution in [0.15, 0.2) is 42.5 Å². The second-order valence-electron chi connectivity index (χ2n) is 4.31. The van der Waals surface area contributed by atoms with E-state index >= 15 is 0 Å². The minimum Gasteiger partial charge on any atom is -0.497 e. The van der Waals surface area contributed by atoms with Crippen LogP contribution < -0.4 is 9.47 Å². The van der Waals surface area contributed by atoms with E-state index < -0.39 is 6.29 Å². The third kappa shape index (κ3) is 2.41. The van der Waals surface area contributed by atoms with Gasteiger partial charge in [-0.15, -0.1) is 0 Å². The Morgan fingerprint density at radius 3 is 2.74 bits per heavy atom. The first-order valence-corrected chi connectivity index (χ1v) is 6.00. The van der Waals surface area contributed by atoms with Gasteiger partial charge in [0.2, 0.25) is 0 Å². The Morgan fingerprint density at radius 2 is 1.89 bits per heavy atom. The van der Waals surface area contributed by atoms with Crippen molar-refractivity contribution in [3.63, 3.8) is 0 Å². The molecule has 19 heavy (non-hydrogen) atoms. The summed E-state index contributed by atoms with van der Waals surface area (Å²) >= 11 is 0. The van der Waals surface area contributed by atoms with Crippen LogP contribution in [0.25, 0.3) is 0 Å². The third-order valence-electron chi connectivity index (χ3n) is 3.06. The van der Waals surface area contributed by atoms with Crippen molar-refractivity contribution in [2.75, 3.05) is 7.11 Å². The minimum atomic E-state index is -0.858. The van der Waals surface area contributed by atoms with Gasteiger partial charge in [0, 0.05) is 11.6 Å². The maximum atomic E-state index is 9.66. The van der Waals surface area contributed by atoms with E-state index in [9.17, 15) is 5.11 Å². The fraction of sp³-hybridized carbons (Fsp3) is 0.200. The molecule has 1 unspecified atom stereocenters. The molecule has 3 rings (SSSR count). The van der Waals surface area contributed by atoms with Crippen LogP contribution in [0, 0.1) is 0 Å². The Balaban J connectivity index is 1.85. The van der Waals surface area contributed by atoms with Gasteiger partial charge in [0.1, 0.15) is 17.2 Å². The van der Waals surface area contributed by atoms with E-state index in [2.05, 4.69) is 0 Å². The molecule has 0 amide bonds. The van der Waals surface area contributed by atoms with Crippen molar-refractivity contribution in [2.24, 2.45) is 0 Å². The summed E-state index contributed by atoms with van der Waals surface area (Å²) in [7, 11) is 1.61. The molecule has 0 fully saturated rings. The van der Waals surface area contributed by atoms with Gasteiger partial charge in [0.25, 0.3) is 0 Å². The Labute approximate surface area is 111 Å². The molecule has 1 N–H and O–H groups in total. The van der Waals surface area contributed by atoms with Crippen LogP contribution in [-0.2, 0) is 11.3 Å². The molecule has 0 bridgehead atoms. The van der Waals surface area contributed by atoms with Crippen LogP contribution >= 0.6 is 0 Å². The fourth-order valence-electron chi connectivity index (χ4n) is 2.06. The fourth-order valence-corrected chi connectivity index (χ4v) is 2.06. The molecule has 4 heteroatoms. The number of fused-ring (bicyclic) bond motifs is 1. The Kier molecular flexibility index (Phi) is 3.11. The normalized spacial score (nSPS) is 17.1. The highest BCUT2D eigenvalue weighted by atomic mass is 16.6. The second-order valence-corrected chi connectivity index (χ2v) is 4.31. The third-order valence-corrected chi connectivity index (χ3v) is 3.06. The molecule has 4 nitrogen and oxygen atoms in total. The highest BCUT2D eigenvalue weighted by molar-refractivity contribution is 5.41. The van der Waals surface area contributed by atoms with Gasteiger partial charge in [-0.25, -0.2) is 0 Å². The molecule has 0 saturated heterocycles. The summed E-state index contributed by atoms with van der Waals surface area (Å²) in [6, 6.07) is 12.9. The largest absolute Gasteiger partial charge is 0.497 e. The van der Waals surface area contributed by atoms with E-state index in [1.807, 2.05) is 30.3 Å². The molecular weight excluding hydrogens is 244 g/mol. The van der Waals surface area contributed by atoms with Crippen LogP contribution in [0.4, 0.5) is 0 Å². The van der Waals surface area contributed by atoms with E-state index in [1.165, 1.54) is 0 Å². The van der Waals surface area contributed by atoms with Gasteiger partial charge in [0.05, 0.1) is 13.7 Å². The zero-order valence-corrected chi connectivity index (χ0v) is 10.5. The van der Waals surface area contributed by atoms with E-state index in [4.69, 9.17) is 14.2 Å². The zero-order chi connectivity index (χ0) is 13.2. The average Bonchev–Trinajstić information content (AvgIpc) is 2.80. The summed E-state index contributed by atoms with van der Waals surface area (Å²) in [6.45, 7) is 0.440. The van der Waals surface area contributed by atoms with Gasteiger partial charge in [-0.3, -0.25) is 0 Å². The first kappa shape index (κ1) is 12.0. The van der Waals surface area contributed by atoms with Gasteiger partial charge < -0.3 is 19.3 Å². The molecule has 0 spiro atoms. The monoisotopic (exact) mass is 258 g/mol. The lowest BCUT2D eigenvalue weighted by molar-refractivity contribution is -0.0918. The standard InChI is InChI=1S/C15H14O4/c1-17-11-3-2-4-12(7-11)19-13-6-5-10-9-18-15(16)14(10)8-13/h2-8,15-16H,9H2,1H3. The molecular formula is C15H14O4. The predicted octanol–water partition coefficient (Wildman–Crippen LogP) is 3.01. The van der Waals surface area contributed by atoms with Crippen LogP contribution in [0.1, 0.15) is 17.4 Å². The van der Waals surface area contributed by atoms with E-state index in [0.717, 1.165) is 16.9 Å². The SMILES string of the molecule is COc1cccc(Oc2ccc3c(c2)C(O)OC3)c1. The van der Waals surface area contributed by atoms with Crippen molar-refractivity contribution < 1.29 is 19.3 Å². The lowest BCUT2D eigenvalue weighted by Crippen LogP contribution is -1.93. The van der Waals surface area contributed by atoms with Crippen molar-refractivity contribution in [3.05, 3.63) is 53.6 Å². The van der Waals surface area contributed by atoms with Gasteiger partial charge in [-0.1, -0.05) is 12.1 Å². The molecule has 98 valence electrons. The van der Waals surface area contributed by atoms with Crippen molar-refractivity contribution in [1.29, 1.82) is 0 Å².